The number of carbonyl (C=O) groups is 3. The molecule has 5 rings (SSSR count). The molecule has 2 aliphatic carbocycles. The number of nitrogens with zero attached hydrogens (tertiary/aromatic N) is 1. The smallest absolute Gasteiger partial charge is 0.350 e. The van der Waals surface area contributed by atoms with Gasteiger partial charge in [-0.05, 0) is 87.6 Å². The summed E-state index contributed by atoms with van der Waals surface area (Å²) in [5.74, 6) is -1.06. The van der Waals surface area contributed by atoms with Gasteiger partial charge in [0.1, 0.15) is 11.9 Å². The summed E-state index contributed by atoms with van der Waals surface area (Å²) in [6, 6.07) is 10.2. The van der Waals surface area contributed by atoms with Crippen molar-refractivity contribution in [1.29, 1.82) is 0 Å². The summed E-state index contributed by atoms with van der Waals surface area (Å²) >= 11 is 0. The summed E-state index contributed by atoms with van der Waals surface area (Å²) in [5, 5.41) is 23.8. The first-order valence-corrected chi connectivity index (χ1v) is 17.1. The van der Waals surface area contributed by atoms with Crippen molar-refractivity contribution in [3.8, 4) is 0 Å². The van der Waals surface area contributed by atoms with Gasteiger partial charge in [-0.15, -0.1) is 0 Å². The van der Waals surface area contributed by atoms with Crippen LogP contribution in [-0.4, -0.2) is 75.8 Å². The van der Waals surface area contributed by atoms with Crippen LogP contribution in [0.25, 0.3) is 0 Å². The number of nitrogens with one attached hydrogen (secondary N) is 1. The van der Waals surface area contributed by atoms with Gasteiger partial charge in [0.2, 0.25) is 5.78 Å². The second kappa shape index (κ2) is 14.8. The van der Waals surface area contributed by atoms with E-state index in [1.54, 1.807) is 36.5 Å². The van der Waals surface area contributed by atoms with E-state index in [0.29, 0.717) is 43.0 Å². The normalized spacial score (nSPS) is 27.8. The van der Waals surface area contributed by atoms with Crippen molar-refractivity contribution < 1.29 is 34.1 Å². The SMILES string of the molecule is CCNC1CCC(CC)CC1C(CCCO)OC(=O)C12OC1(CC(CO)=C(C)CCc1ccnc(N)c1)C(=O)c1ccccc1C2=O. The minimum absolute atomic E-state index is 0.0206. The predicted molar refractivity (Wildman–Crippen MR) is 178 cm³/mol. The number of hydrogen-bond donors (Lipinski definition) is 4. The number of carbonyl (C=O) groups excluding carboxylic acids is 3. The van der Waals surface area contributed by atoms with E-state index in [1.807, 2.05) is 19.9 Å². The number of aromatic nitrogens is 1. The number of aliphatic hydroxyl groups is 2. The van der Waals surface area contributed by atoms with E-state index in [0.717, 1.165) is 43.4 Å². The third-order valence-corrected chi connectivity index (χ3v) is 10.6. The van der Waals surface area contributed by atoms with Gasteiger partial charge >= 0.3 is 5.97 Å². The molecule has 2 aromatic rings. The number of epoxide rings is 1. The van der Waals surface area contributed by atoms with Gasteiger partial charge in [0.25, 0.3) is 5.60 Å². The number of pyridine rings is 1. The molecule has 10 heteroatoms. The number of rotatable bonds is 15. The quantitative estimate of drug-likeness (QED) is 0.0944. The Morgan fingerprint density at radius 2 is 1.89 bits per heavy atom. The van der Waals surface area contributed by atoms with Gasteiger partial charge < -0.3 is 30.7 Å². The fraction of sp³-hybridized carbons (Fsp3) is 0.568. The van der Waals surface area contributed by atoms with Gasteiger partial charge in [0.15, 0.2) is 11.4 Å². The van der Waals surface area contributed by atoms with E-state index in [1.165, 1.54) is 0 Å². The molecule has 6 atom stereocenters. The summed E-state index contributed by atoms with van der Waals surface area (Å²) < 4.78 is 12.5. The van der Waals surface area contributed by atoms with Gasteiger partial charge in [-0.25, -0.2) is 9.78 Å². The molecule has 2 heterocycles. The maximum absolute atomic E-state index is 14.4. The molecule has 47 heavy (non-hydrogen) atoms. The zero-order chi connectivity index (χ0) is 33.8. The molecule has 2 fully saturated rings. The van der Waals surface area contributed by atoms with Crippen molar-refractivity contribution in [2.45, 2.75) is 102 Å². The lowest BCUT2D eigenvalue weighted by molar-refractivity contribution is -0.159. The molecule has 1 aromatic carbocycles. The van der Waals surface area contributed by atoms with Gasteiger partial charge in [-0.2, -0.15) is 0 Å². The zero-order valence-electron chi connectivity index (χ0n) is 27.8. The second-order valence-corrected chi connectivity index (χ2v) is 13.3. The first-order valence-electron chi connectivity index (χ1n) is 17.1. The maximum atomic E-state index is 14.4. The van der Waals surface area contributed by atoms with Crippen molar-refractivity contribution in [1.82, 2.24) is 10.3 Å². The van der Waals surface area contributed by atoms with E-state index < -0.39 is 34.8 Å². The van der Waals surface area contributed by atoms with Crippen LogP contribution < -0.4 is 11.1 Å². The number of ketones is 2. The van der Waals surface area contributed by atoms with Crippen molar-refractivity contribution in [3.63, 3.8) is 0 Å². The highest BCUT2D eigenvalue weighted by Gasteiger charge is 2.85. The third-order valence-electron chi connectivity index (χ3n) is 10.6. The Bertz CT molecular complexity index is 1510. The number of ether oxygens (including phenoxy) is 2. The third kappa shape index (κ3) is 6.66. The minimum Gasteiger partial charge on any atom is -0.459 e. The molecule has 0 amide bonds. The largest absolute Gasteiger partial charge is 0.459 e. The monoisotopic (exact) mass is 647 g/mol. The Balaban J connectivity index is 1.48. The molecule has 1 saturated heterocycles. The molecule has 254 valence electrons. The van der Waals surface area contributed by atoms with Crippen LogP contribution in [0.4, 0.5) is 5.82 Å². The number of benzene rings is 1. The van der Waals surface area contributed by atoms with Gasteiger partial charge in [0.05, 0.1) is 6.61 Å². The molecular formula is C37H49N3O7. The molecule has 5 N–H and O–H groups in total. The highest BCUT2D eigenvalue weighted by atomic mass is 16.7. The zero-order valence-corrected chi connectivity index (χ0v) is 27.8. The van der Waals surface area contributed by atoms with Gasteiger partial charge in [-0.1, -0.05) is 50.1 Å². The van der Waals surface area contributed by atoms with Crippen molar-refractivity contribution in [3.05, 3.63) is 70.4 Å². The highest BCUT2D eigenvalue weighted by Crippen LogP contribution is 2.59. The molecule has 1 aliphatic heterocycles. The van der Waals surface area contributed by atoms with Crippen LogP contribution in [0, 0.1) is 11.8 Å². The van der Waals surface area contributed by atoms with Crippen LogP contribution in [0.1, 0.15) is 98.4 Å². The number of aryl methyl sites for hydroxylation is 1. The first kappa shape index (κ1) is 34.9. The van der Waals surface area contributed by atoms with Crippen LogP contribution in [0.3, 0.4) is 0 Å². The first-order chi connectivity index (χ1) is 22.6. The standard InChI is InChI=1S/C37H49N3O7/c1-4-24-14-15-30(39-5-2)29(19-24)31(11-8-18-41)46-35(45)37-34(44)28-10-7-6-9-27(28)33(43)36(37,47-37)21-26(22-42)23(3)12-13-25-16-17-40-32(38)20-25/h6-7,9-10,16-17,20,24,29-31,39,41-42H,4-5,8,11-15,18-19,21-22H2,1-3H3,(H2,38,40). The highest BCUT2D eigenvalue weighted by molar-refractivity contribution is 6.33. The Labute approximate surface area is 277 Å². The molecule has 1 aromatic heterocycles. The second-order valence-electron chi connectivity index (χ2n) is 13.3. The van der Waals surface area contributed by atoms with E-state index >= 15 is 0 Å². The van der Waals surface area contributed by atoms with E-state index in [2.05, 4.69) is 17.2 Å². The average molecular weight is 648 g/mol. The summed E-state index contributed by atoms with van der Waals surface area (Å²) in [5.41, 5.74) is 4.54. The number of anilines is 1. The Morgan fingerprint density at radius 3 is 2.55 bits per heavy atom. The Hall–Kier alpha value is -3.44. The Kier molecular flexibility index (Phi) is 11.0. The van der Waals surface area contributed by atoms with Crippen LogP contribution in [0.15, 0.2) is 53.7 Å². The number of nitrogens with two attached hydrogens (primary N) is 1. The molecule has 1 saturated carbocycles. The Morgan fingerprint density at radius 1 is 1.15 bits per heavy atom. The lowest BCUT2D eigenvalue weighted by atomic mass is 9.71. The summed E-state index contributed by atoms with van der Waals surface area (Å²) in [6.07, 6.45) is 6.86. The topological polar surface area (TPSA) is 164 Å². The van der Waals surface area contributed by atoms with E-state index in [-0.39, 0.29) is 42.7 Å². The number of aliphatic hydroxyl groups excluding tert-OH is 2. The van der Waals surface area contributed by atoms with E-state index in [4.69, 9.17) is 15.2 Å². The van der Waals surface area contributed by atoms with Crippen molar-refractivity contribution in [2.75, 3.05) is 25.5 Å². The lowest BCUT2D eigenvalue weighted by Crippen LogP contribution is -2.53. The molecular weight excluding hydrogens is 598 g/mol. The summed E-state index contributed by atoms with van der Waals surface area (Å²) in [4.78, 5) is 47.0. The minimum atomic E-state index is -2.15. The average Bonchev–Trinajstić information content (AvgIpc) is 3.79. The van der Waals surface area contributed by atoms with Gasteiger partial charge in [-0.3, -0.25) is 9.59 Å². The van der Waals surface area contributed by atoms with Gasteiger partial charge in [0, 0.05) is 42.3 Å². The fourth-order valence-corrected chi connectivity index (χ4v) is 7.77. The molecule has 0 radical (unpaired) electrons. The number of fused-ring (bicyclic) bond motifs is 2. The van der Waals surface area contributed by atoms with Crippen LogP contribution in [0.2, 0.25) is 0 Å². The number of Topliss-reactive ketones (excluding diaryl/α,β-unsaturated/α-hetero) is 2. The molecule has 3 aliphatic rings. The maximum Gasteiger partial charge on any atom is 0.350 e. The number of esters is 1. The van der Waals surface area contributed by atoms with Crippen molar-refractivity contribution in [2.24, 2.45) is 11.8 Å². The number of nitrogen functional groups attached to an aromatic ring is 1. The number of allylic oxidation sites excluding steroid dienone is 1. The lowest BCUT2D eigenvalue weighted by Gasteiger charge is -2.40. The molecule has 0 bridgehead atoms. The molecule has 10 nitrogen and oxygen atoms in total. The fourth-order valence-electron chi connectivity index (χ4n) is 7.77. The van der Waals surface area contributed by atoms with Crippen LogP contribution >= 0.6 is 0 Å². The van der Waals surface area contributed by atoms with E-state index in [9.17, 15) is 24.6 Å². The van der Waals surface area contributed by atoms with Crippen LogP contribution in [-0.2, 0) is 20.7 Å². The summed E-state index contributed by atoms with van der Waals surface area (Å²) in [6.45, 7) is 6.43. The van der Waals surface area contributed by atoms with Crippen LogP contribution in [0.5, 0.6) is 0 Å². The summed E-state index contributed by atoms with van der Waals surface area (Å²) in [7, 11) is 0. The molecule has 0 spiro atoms. The predicted octanol–water partition coefficient (Wildman–Crippen LogP) is 4.37. The van der Waals surface area contributed by atoms with Crippen molar-refractivity contribution >= 4 is 23.4 Å². The molecule has 6 unspecified atom stereocenters. The number of hydrogen-bond acceptors (Lipinski definition) is 10.